The number of nitrogens with two attached hydrogens (primary N) is 1. The molecule has 0 saturated heterocycles. The molecule has 0 spiro atoms. The van der Waals surface area contributed by atoms with Crippen molar-refractivity contribution in [3.05, 3.63) is 36.0 Å². The van der Waals surface area contributed by atoms with E-state index in [1.54, 1.807) is 0 Å². The van der Waals surface area contributed by atoms with Gasteiger partial charge in [0.1, 0.15) is 0 Å². The predicted octanol–water partition coefficient (Wildman–Crippen LogP) is 2.51. The lowest BCUT2D eigenvalue weighted by Crippen LogP contribution is -2.02. The Hall–Kier alpha value is -1.72. The number of rotatable bonds is 3. The highest BCUT2D eigenvalue weighted by Crippen LogP contribution is 2.20. The van der Waals surface area contributed by atoms with Crippen LogP contribution in [0, 0.1) is 11.8 Å². The molecule has 0 bridgehead atoms. The van der Waals surface area contributed by atoms with Crippen molar-refractivity contribution < 1.29 is 0 Å². The minimum Gasteiger partial charge on any atom is -0.346 e. The molecule has 1 heterocycles. The van der Waals surface area contributed by atoms with Crippen molar-refractivity contribution in [2.45, 2.75) is 26.4 Å². The number of benzene rings is 1. The van der Waals surface area contributed by atoms with E-state index in [9.17, 15) is 0 Å². The van der Waals surface area contributed by atoms with Crippen LogP contribution in [0.2, 0.25) is 0 Å². The number of fused-ring (bicyclic) bond motifs is 1. The second-order valence-corrected chi connectivity index (χ2v) is 3.75. The van der Waals surface area contributed by atoms with Crippen molar-refractivity contribution in [3.63, 3.8) is 0 Å². The fourth-order valence-corrected chi connectivity index (χ4v) is 1.99. The number of para-hydroxylation sites is 1. The normalized spacial score (nSPS) is 10.1. The summed E-state index contributed by atoms with van der Waals surface area (Å²) in [6, 6.07) is 8.40. The molecule has 0 aliphatic heterocycles. The molecule has 2 N–H and O–H groups in total. The average Bonchev–Trinajstić information content (AvgIpc) is 2.73. The highest BCUT2D eigenvalue weighted by atomic mass is 15.0. The molecule has 2 heteroatoms. The van der Waals surface area contributed by atoms with Gasteiger partial charge >= 0.3 is 0 Å². The van der Waals surface area contributed by atoms with Crippen molar-refractivity contribution in [3.8, 4) is 11.8 Å². The van der Waals surface area contributed by atoms with Gasteiger partial charge in [0, 0.05) is 25.7 Å². The smallest absolute Gasteiger partial charge is 0.0526 e. The van der Waals surface area contributed by atoms with Crippen LogP contribution in [0.3, 0.4) is 0 Å². The van der Waals surface area contributed by atoms with E-state index in [-0.39, 0.29) is 0 Å². The quantitative estimate of drug-likeness (QED) is 0.779. The summed E-state index contributed by atoms with van der Waals surface area (Å²) < 4.78 is 2.24. The molecular formula is C14H16N2. The molecule has 0 unspecified atom stereocenters. The van der Waals surface area contributed by atoms with Crippen LogP contribution in [0.4, 0.5) is 0 Å². The topological polar surface area (TPSA) is 30.9 Å². The van der Waals surface area contributed by atoms with Gasteiger partial charge in [0.05, 0.1) is 5.52 Å². The molecule has 0 amide bonds. The van der Waals surface area contributed by atoms with Gasteiger partial charge in [-0.05, 0) is 23.9 Å². The van der Waals surface area contributed by atoms with Crippen LogP contribution in [-0.2, 0) is 13.1 Å². The first-order chi connectivity index (χ1) is 7.86. The van der Waals surface area contributed by atoms with Crippen molar-refractivity contribution in [1.82, 2.24) is 4.57 Å². The third-order valence-electron chi connectivity index (χ3n) is 2.75. The minimum atomic E-state index is 0.584. The Labute approximate surface area is 96.1 Å². The molecule has 2 rings (SSSR count). The average molecular weight is 212 g/mol. The van der Waals surface area contributed by atoms with Gasteiger partial charge in [-0.15, -0.1) is 11.8 Å². The molecular weight excluding hydrogens is 196 g/mol. The number of aromatic nitrogens is 1. The maximum atomic E-state index is 5.76. The number of hydrogen-bond acceptors (Lipinski definition) is 1. The van der Waals surface area contributed by atoms with Gasteiger partial charge in [0.25, 0.3) is 0 Å². The SMILES string of the molecule is CC#CCCn1ccc2cccc(CN)c21. The summed E-state index contributed by atoms with van der Waals surface area (Å²) in [7, 11) is 0. The van der Waals surface area contributed by atoms with Gasteiger partial charge in [-0.2, -0.15) is 0 Å². The molecule has 1 aromatic heterocycles. The summed E-state index contributed by atoms with van der Waals surface area (Å²) >= 11 is 0. The lowest BCUT2D eigenvalue weighted by molar-refractivity contribution is 0.745. The third kappa shape index (κ3) is 1.95. The van der Waals surface area contributed by atoms with Crippen LogP contribution < -0.4 is 5.73 Å². The van der Waals surface area contributed by atoms with Gasteiger partial charge in [0.15, 0.2) is 0 Å². The fraction of sp³-hybridized carbons (Fsp3) is 0.286. The Bertz CT molecular complexity index is 541. The minimum absolute atomic E-state index is 0.584. The largest absolute Gasteiger partial charge is 0.346 e. The summed E-state index contributed by atoms with van der Waals surface area (Å²) in [6.07, 6.45) is 3.00. The standard InChI is InChI=1S/C14H16N2/c1-2-3-4-9-16-10-8-12-6-5-7-13(11-15)14(12)16/h5-8,10H,4,9,11,15H2,1H3. The second-order valence-electron chi connectivity index (χ2n) is 3.75. The first kappa shape index (κ1) is 10.8. The Morgan fingerprint density at radius 1 is 1.31 bits per heavy atom. The summed E-state index contributed by atoms with van der Waals surface area (Å²) in [5.74, 6) is 6.01. The zero-order chi connectivity index (χ0) is 11.4. The van der Waals surface area contributed by atoms with Crippen LogP contribution in [0.25, 0.3) is 10.9 Å². The molecule has 1 aromatic carbocycles. The third-order valence-corrected chi connectivity index (χ3v) is 2.75. The molecule has 0 saturated carbocycles. The van der Waals surface area contributed by atoms with Gasteiger partial charge in [-0.1, -0.05) is 18.2 Å². The molecule has 0 aliphatic rings. The van der Waals surface area contributed by atoms with Gasteiger partial charge < -0.3 is 10.3 Å². The van der Waals surface area contributed by atoms with Crippen LogP contribution in [-0.4, -0.2) is 4.57 Å². The van der Waals surface area contributed by atoms with Crippen molar-refractivity contribution in [2.75, 3.05) is 0 Å². The van der Waals surface area contributed by atoms with E-state index in [1.807, 2.05) is 6.92 Å². The molecule has 0 atom stereocenters. The zero-order valence-corrected chi connectivity index (χ0v) is 9.53. The van der Waals surface area contributed by atoms with E-state index in [4.69, 9.17) is 5.73 Å². The van der Waals surface area contributed by atoms with E-state index in [0.29, 0.717) is 6.54 Å². The van der Waals surface area contributed by atoms with Gasteiger partial charge in [-0.25, -0.2) is 0 Å². The van der Waals surface area contributed by atoms with Crippen LogP contribution >= 0.6 is 0 Å². The molecule has 2 aromatic rings. The summed E-state index contributed by atoms with van der Waals surface area (Å²) in [5, 5.41) is 1.26. The number of hydrogen-bond donors (Lipinski definition) is 1. The number of nitrogens with zero attached hydrogens (tertiary/aromatic N) is 1. The van der Waals surface area contributed by atoms with Gasteiger partial charge in [0.2, 0.25) is 0 Å². The molecule has 0 fully saturated rings. The number of aryl methyl sites for hydroxylation is 1. The first-order valence-electron chi connectivity index (χ1n) is 5.53. The monoisotopic (exact) mass is 212 g/mol. The van der Waals surface area contributed by atoms with Gasteiger partial charge in [-0.3, -0.25) is 0 Å². The van der Waals surface area contributed by atoms with Crippen LogP contribution in [0.1, 0.15) is 18.9 Å². The van der Waals surface area contributed by atoms with E-state index >= 15 is 0 Å². The Morgan fingerprint density at radius 3 is 2.94 bits per heavy atom. The van der Waals surface area contributed by atoms with E-state index in [2.05, 4.69) is 46.9 Å². The molecule has 0 aliphatic carbocycles. The summed E-state index contributed by atoms with van der Waals surface area (Å²) in [6.45, 7) is 3.39. The van der Waals surface area contributed by atoms with Crippen molar-refractivity contribution in [1.29, 1.82) is 0 Å². The Balaban J connectivity index is 2.40. The maximum absolute atomic E-state index is 5.76. The van der Waals surface area contributed by atoms with Crippen molar-refractivity contribution >= 4 is 10.9 Å². The second kappa shape index (κ2) is 4.87. The predicted molar refractivity (Wildman–Crippen MR) is 67.9 cm³/mol. The maximum Gasteiger partial charge on any atom is 0.0526 e. The molecule has 82 valence electrons. The summed E-state index contributed by atoms with van der Waals surface area (Å²) in [4.78, 5) is 0. The molecule has 16 heavy (non-hydrogen) atoms. The first-order valence-corrected chi connectivity index (χ1v) is 5.53. The highest BCUT2D eigenvalue weighted by molar-refractivity contribution is 5.83. The zero-order valence-electron chi connectivity index (χ0n) is 9.53. The Kier molecular flexibility index (Phi) is 3.28. The van der Waals surface area contributed by atoms with Crippen molar-refractivity contribution in [2.24, 2.45) is 5.73 Å². The fourth-order valence-electron chi connectivity index (χ4n) is 1.99. The van der Waals surface area contributed by atoms with Crippen LogP contribution in [0.5, 0.6) is 0 Å². The van der Waals surface area contributed by atoms with E-state index in [1.165, 1.54) is 16.5 Å². The Morgan fingerprint density at radius 2 is 2.19 bits per heavy atom. The van der Waals surface area contributed by atoms with E-state index < -0.39 is 0 Å². The molecule has 2 nitrogen and oxygen atoms in total. The molecule has 0 radical (unpaired) electrons. The highest BCUT2D eigenvalue weighted by Gasteiger charge is 2.04. The lowest BCUT2D eigenvalue weighted by Gasteiger charge is -2.06. The van der Waals surface area contributed by atoms with Crippen LogP contribution in [0.15, 0.2) is 30.5 Å². The summed E-state index contributed by atoms with van der Waals surface area (Å²) in [5.41, 5.74) is 8.21. The van der Waals surface area contributed by atoms with E-state index in [0.717, 1.165) is 13.0 Å². The lowest BCUT2D eigenvalue weighted by atomic mass is 10.1.